The maximum atomic E-state index is 10.9. The molecule has 84 valence electrons. The lowest BCUT2D eigenvalue weighted by molar-refractivity contribution is 0.350. The van der Waals surface area contributed by atoms with Gasteiger partial charge in [-0.15, -0.1) is 0 Å². The van der Waals surface area contributed by atoms with Gasteiger partial charge in [-0.3, -0.25) is 0 Å². The number of rotatable bonds is 7. The fourth-order valence-electron chi connectivity index (χ4n) is 0.957. The molecule has 6 heteroatoms. The minimum absolute atomic E-state index is 0.205. The van der Waals surface area contributed by atoms with Gasteiger partial charge in [-0.1, -0.05) is 12.2 Å². The molecule has 4 nitrogen and oxygen atoms in total. The van der Waals surface area contributed by atoms with Gasteiger partial charge in [0.15, 0.2) is 0 Å². The summed E-state index contributed by atoms with van der Waals surface area (Å²) in [6.07, 6.45) is 2.85. The van der Waals surface area contributed by atoms with E-state index in [1.807, 2.05) is 11.9 Å². The lowest BCUT2D eigenvalue weighted by Crippen LogP contribution is -2.26. The van der Waals surface area contributed by atoms with Crippen LogP contribution in [-0.2, 0) is 9.84 Å². The molecule has 0 aliphatic heterocycles. The summed E-state index contributed by atoms with van der Waals surface area (Å²) in [5.74, 6) is 0.205. The number of sulfone groups is 1. The third-order valence-corrected chi connectivity index (χ3v) is 2.94. The summed E-state index contributed by atoms with van der Waals surface area (Å²) in [6.45, 7) is 1.39. The Morgan fingerprint density at radius 3 is 2.43 bits per heavy atom. The molecular weight excluding hydrogens is 220 g/mol. The Balaban J connectivity index is 3.56. The monoisotopic (exact) mass is 238 g/mol. The second-order valence-corrected chi connectivity index (χ2v) is 6.29. The summed E-state index contributed by atoms with van der Waals surface area (Å²) in [4.78, 5) is 2.49. The zero-order chi connectivity index (χ0) is 11.2. The van der Waals surface area contributed by atoms with Crippen molar-refractivity contribution in [3.05, 3.63) is 0 Å². The molecule has 0 aliphatic carbocycles. The van der Waals surface area contributed by atoms with Crippen LogP contribution in [0.15, 0.2) is 0 Å². The highest BCUT2D eigenvalue weighted by molar-refractivity contribution is 7.90. The van der Waals surface area contributed by atoms with Crippen molar-refractivity contribution in [3.8, 4) is 0 Å². The van der Waals surface area contributed by atoms with E-state index in [1.54, 1.807) is 0 Å². The normalized spacial score (nSPS) is 11.9. The van der Waals surface area contributed by atoms with E-state index >= 15 is 0 Å². The van der Waals surface area contributed by atoms with Crippen molar-refractivity contribution < 1.29 is 8.42 Å². The van der Waals surface area contributed by atoms with E-state index in [9.17, 15) is 8.42 Å². The Kier molecular flexibility index (Phi) is 6.22. The topological polar surface area (TPSA) is 63.4 Å². The molecule has 0 atom stereocenters. The zero-order valence-electron chi connectivity index (χ0n) is 8.69. The minimum atomic E-state index is -2.85. The van der Waals surface area contributed by atoms with Crippen molar-refractivity contribution in [1.82, 2.24) is 4.90 Å². The third kappa shape index (κ3) is 9.88. The van der Waals surface area contributed by atoms with E-state index < -0.39 is 9.84 Å². The van der Waals surface area contributed by atoms with Gasteiger partial charge in [0.25, 0.3) is 0 Å². The predicted octanol–water partition coefficient (Wildman–Crippen LogP) is 0.0291. The quantitative estimate of drug-likeness (QED) is 0.634. The molecule has 0 aliphatic rings. The van der Waals surface area contributed by atoms with Gasteiger partial charge in [-0.25, -0.2) is 8.42 Å². The van der Waals surface area contributed by atoms with Crippen molar-refractivity contribution in [2.75, 3.05) is 32.1 Å². The standard InChI is InChI=1S/C8H18N2O2S2/c1-10(5-3-4-8(9)13)6-7-14(2,11)12/h3-7H2,1-2H3,(H2,9,13). The summed E-state index contributed by atoms with van der Waals surface area (Å²) in [5.41, 5.74) is 5.34. The smallest absolute Gasteiger partial charge is 0.148 e. The molecule has 0 heterocycles. The van der Waals surface area contributed by atoms with Crippen molar-refractivity contribution in [3.63, 3.8) is 0 Å². The number of nitrogens with zero attached hydrogens (tertiary/aromatic N) is 1. The molecule has 0 bridgehead atoms. The second-order valence-electron chi connectivity index (χ2n) is 3.50. The van der Waals surface area contributed by atoms with Gasteiger partial charge >= 0.3 is 0 Å². The molecule has 14 heavy (non-hydrogen) atoms. The first-order chi connectivity index (χ1) is 6.31. The minimum Gasteiger partial charge on any atom is -0.393 e. The molecule has 0 saturated heterocycles. The van der Waals surface area contributed by atoms with Crippen molar-refractivity contribution in [2.45, 2.75) is 12.8 Å². The lowest BCUT2D eigenvalue weighted by atomic mass is 10.3. The number of thiocarbonyl (C=S) groups is 1. The van der Waals surface area contributed by atoms with Gasteiger partial charge in [0.05, 0.1) is 10.7 Å². The maximum Gasteiger partial charge on any atom is 0.148 e. The summed E-state index contributed by atoms with van der Waals surface area (Å²) in [6, 6.07) is 0. The lowest BCUT2D eigenvalue weighted by Gasteiger charge is -2.15. The second kappa shape index (κ2) is 6.31. The van der Waals surface area contributed by atoms with Crippen LogP contribution in [0.25, 0.3) is 0 Å². The van der Waals surface area contributed by atoms with Crippen LogP contribution < -0.4 is 5.73 Å². The van der Waals surface area contributed by atoms with E-state index in [-0.39, 0.29) is 5.75 Å². The molecule has 2 N–H and O–H groups in total. The summed E-state index contributed by atoms with van der Waals surface area (Å²) >= 11 is 4.73. The Labute approximate surface area is 91.4 Å². The number of hydrogen-bond acceptors (Lipinski definition) is 4. The van der Waals surface area contributed by atoms with Crippen molar-refractivity contribution >= 4 is 27.0 Å². The highest BCUT2D eigenvalue weighted by Crippen LogP contribution is 1.94. The van der Waals surface area contributed by atoms with Gasteiger partial charge in [0, 0.05) is 12.8 Å². The zero-order valence-corrected chi connectivity index (χ0v) is 10.3. The molecule has 0 fully saturated rings. The Morgan fingerprint density at radius 2 is 2.00 bits per heavy atom. The van der Waals surface area contributed by atoms with Crippen LogP contribution in [0, 0.1) is 0 Å². The van der Waals surface area contributed by atoms with Crippen LogP contribution in [0.1, 0.15) is 12.8 Å². The van der Waals surface area contributed by atoms with Gasteiger partial charge < -0.3 is 10.6 Å². The van der Waals surface area contributed by atoms with Crippen LogP contribution in [0.5, 0.6) is 0 Å². The van der Waals surface area contributed by atoms with Crippen LogP contribution in [0.2, 0.25) is 0 Å². The van der Waals surface area contributed by atoms with E-state index in [2.05, 4.69) is 0 Å². The molecular formula is C8H18N2O2S2. The Bertz CT molecular complexity index is 275. The van der Waals surface area contributed by atoms with Crippen molar-refractivity contribution in [2.24, 2.45) is 5.73 Å². The van der Waals surface area contributed by atoms with E-state index in [0.29, 0.717) is 11.5 Å². The van der Waals surface area contributed by atoms with E-state index in [0.717, 1.165) is 19.4 Å². The molecule has 0 saturated carbocycles. The Morgan fingerprint density at radius 1 is 1.43 bits per heavy atom. The van der Waals surface area contributed by atoms with Crippen LogP contribution in [-0.4, -0.2) is 50.5 Å². The molecule has 0 unspecified atom stereocenters. The van der Waals surface area contributed by atoms with Crippen LogP contribution in [0.3, 0.4) is 0 Å². The molecule has 0 spiro atoms. The predicted molar refractivity (Wildman–Crippen MR) is 63.2 cm³/mol. The summed E-state index contributed by atoms with van der Waals surface area (Å²) in [5, 5.41) is 0. The van der Waals surface area contributed by atoms with Gasteiger partial charge in [-0.05, 0) is 26.4 Å². The fourth-order valence-corrected chi connectivity index (χ4v) is 1.74. The Hall–Kier alpha value is -0.200. The molecule has 0 aromatic carbocycles. The first-order valence-electron chi connectivity index (χ1n) is 4.46. The highest BCUT2D eigenvalue weighted by atomic mass is 32.2. The van der Waals surface area contributed by atoms with E-state index in [4.69, 9.17) is 18.0 Å². The average Bonchev–Trinajstić information content (AvgIpc) is 1.99. The average molecular weight is 238 g/mol. The van der Waals surface area contributed by atoms with E-state index in [1.165, 1.54) is 6.26 Å². The first kappa shape index (κ1) is 13.8. The third-order valence-electron chi connectivity index (χ3n) is 1.81. The number of nitrogens with two attached hydrogens (primary N) is 1. The molecule has 0 rings (SSSR count). The van der Waals surface area contributed by atoms with Gasteiger partial charge in [0.2, 0.25) is 0 Å². The number of hydrogen-bond donors (Lipinski definition) is 1. The molecule has 0 amide bonds. The first-order valence-corrected chi connectivity index (χ1v) is 6.93. The van der Waals surface area contributed by atoms with Crippen LogP contribution >= 0.6 is 12.2 Å². The molecule has 0 radical (unpaired) electrons. The van der Waals surface area contributed by atoms with Crippen LogP contribution in [0.4, 0.5) is 0 Å². The maximum absolute atomic E-state index is 10.9. The summed E-state index contributed by atoms with van der Waals surface area (Å²) in [7, 11) is -0.959. The van der Waals surface area contributed by atoms with Gasteiger partial charge in [-0.2, -0.15) is 0 Å². The van der Waals surface area contributed by atoms with Gasteiger partial charge in [0.1, 0.15) is 9.84 Å². The molecule has 0 aromatic heterocycles. The fraction of sp³-hybridized carbons (Fsp3) is 0.875. The summed E-state index contributed by atoms with van der Waals surface area (Å²) < 4.78 is 21.7. The molecule has 0 aromatic rings. The SMILES string of the molecule is CN(CCCC(N)=S)CCS(C)(=O)=O. The highest BCUT2D eigenvalue weighted by Gasteiger charge is 2.05. The largest absolute Gasteiger partial charge is 0.393 e. The van der Waals surface area contributed by atoms with Crippen molar-refractivity contribution in [1.29, 1.82) is 0 Å².